The second-order valence-electron chi connectivity index (χ2n) is 6.85. The van der Waals surface area contributed by atoms with E-state index < -0.39 is 0 Å². The standard InChI is InChI=1S/C17H30N2O/c1-13(2)10-18-11-17(14(3)4)19(15-7-8-15)12-16-6-5-9-20-16/h5-6,9,13-15,17-18H,7-8,10-12H2,1-4H3. The molecule has 3 heteroatoms. The predicted octanol–water partition coefficient (Wildman–Crippen LogP) is 3.51. The molecule has 0 spiro atoms. The Morgan fingerprint density at radius 1 is 1.25 bits per heavy atom. The first-order valence-corrected chi connectivity index (χ1v) is 8.06. The van der Waals surface area contributed by atoms with Gasteiger partial charge in [-0.1, -0.05) is 27.7 Å². The van der Waals surface area contributed by atoms with Crippen molar-refractivity contribution in [1.82, 2.24) is 10.2 Å². The first-order valence-electron chi connectivity index (χ1n) is 8.06. The fourth-order valence-electron chi connectivity index (χ4n) is 2.76. The van der Waals surface area contributed by atoms with Crippen LogP contribution >= 0.6 is 0 Å². The molecule has 0 amide bonds. The van der Waals surface area contributed by atoms with Crippen LogP contribution in [0.4, 0.5) is 0 Å². The molecule has 1 heterocycles. The third-order valence-corrected chi connectivity index (χ3v) is 4.04. The van der Waals surface area contributed by atoms with Gasteiger partial charge >= 0.3 is 0 Å². The zero-order valence-electron chi connectivity index (χ0n) is 13.4. The van der Waals surface area contributed by atoms with Gasteiger partial charge in [0.1, 0.15) is 5.76 Å². The van der Waals surface area contributed by atoms with E-state index in [1.807, 2.05) is 6.07 Å². The van der Waals surface area contributed by atoms with Crippen LogP contribution in [0.25, 0.3) is 0 Å². The normalized spacial score (nSPS) is 17.4. The molecule has 1 saturated carbocycles. The smallest absolute Gasteiger partial charge is 0.117 e. The van der Waals surface area contributed by atoms with E-state index in [-0.39, 0.29) is 0 Å². The van der Waals surface area contributed by atoms with Crippen LogP contribution in [0.5, 0.6) is 0 Å². The molecule has 1 aliphatic carbocycles. The molecule has 0 bridgehead atoms. The molecule has 20 heavy (non-hydrogen) atoms. The van der Waals surface area contributed by atoms with Crippen molar-refractivity contribution in [2.24, 2.45) is 11.8 Å². The minimum atomic E-state index is 0.589. The Bertz CT molecular complexity index is 368. The van der Waals surface area contributed by atoms with E-state index in [9.17, 15) is 0 Å². The number of hydrogen-bond acceptors (Lipinski definition) is 3. The maximum atomic E-state index is 5.55. The molecule has 3 nitrogen and oxygen atoms in total. The molecule has 1 atom stereocenters. The lowest BCUT2D eigenvalue weighted by atomic mass is 10.0. The first-order chi connectivity index (χ1) is 9.58. The van der Waals surface area contributed by atoms with E-state index in [1.165, 1.54) is 12.8 Å². The third kappa shape index (κ3) is 4.64. The van der Waals surface area contributed by atoms with Crippen molar-refractivity contribution in [3.8, 4) is 0 Å². The molecule has 0 aromatic carbocycles. The minimum absolute atomic E-state index is 0.589. The number of nitrogens with zero attached hydrogens (tertiary/aromatic N) is 1. The highest BCUT2D eigenvalue weighted by molar-refractivity contribution is 5.01. The van der Waals surface area contributed by atoms with Crippen LogP contribution in [0.2, 0.25) is 0 Å². The lowest BCUT2D eigenvalue weighted by Crippen LogP contribution is -2.46. The summed E-state index contributed by atoms with van der Waals surface area (Å²) in [7, 11) is 0. The number of rotatable bonds is 9. The van der Waals surface area contributed by atoms with Gasteiger partial charge < -0.3 is 9.73 Å². The Labute approximate surface area is 123 Å². The summed E-state index contributed by atoms with van der Waals surface area (Å²) in [5.74, 6) is 2.46. The highest BCUT2D eigenvalue weighted by atomic mass is 16.3. The van der Waals surface area contributed by atoms with Crippen molar-refractivity contribution in [3.63, 3.8) is 0 Å². The summed E-state index contributed by atoms with van der Waals surface area (Å²) in [5, 5.41) is 3.64. The van der Waals surface area contributed by atoms with Crippen molar-refractivity contribution < 1.29 is 4.42 Å². The van der Waals surface area contributed by atoms with Gasteiger partial charge in [-0.3, -0.25) is 4.90 Å². The molecule has 114 valence electrons. The van der Waals surface area contributed by atoms with Gasteiger partial charge in [0.15, 0.2) is 0 Å². The summed E-state index contributed by atoms with van der Waals surface area (Å²) in [6, 6.07) is 5.43. The zero-order valence-corrected chi connectivity index (χ0v) is 13.4. The van der Waals surface area contributed by atoms with E-state index in [4.69, 9.17) is 4.42 Å². The minimum Gasteiger partial charge on any atom is -0.468 e. The van der Waals surface area contributed by atoms with E-state index >= 15 is 0 Å². The molecule has 1 unspecified atom stereocenters. The van der Waals surface area contributed by atoms with Crippen LogP contribution in [-0.4, -0.2) is 30.1 Å². The molecule has 0 aliphatic heterocycles. The Morgan fingerprint density at radius 2 is 2.00 bits per heavy atom. The second-order valence-corrected chi connectivity index (χ2v) is 6.85. The lowest BCUT2D eigenvalue weighted by molar-refractivity contribution is 0.124. The molecular formula is C17H30N2O. The summed E-state index contributed by atoms with van der Waals surface area (Å²) in [5.41, 5.74) is 0. The fraction of sp³-hybridized carbons (Fsp3) is 0.765. The molecule has 0 radical (unpaired) electrons. The Kier molecular flexibility index (Phi) is 5.67. The molecular weight excluding hydrogens is 248 g/mol. The summed E-state index contributed by atoms with van der Waals surface area (Å²) >= 11 is 0. The Morgan fingerprint density at radius 3 is 2.50 bits per heavy atom. The third-order valence-electron chi connectivity index (χ3n) is 4.04. The summed E-state index contributed by atoms with van der Waals surface area (Å²) in [6.45, 7) is 12.3. The Balaban J connectivity index is 1.95. The summed E-state index contributed by atoms with van der Waals surface area (Å²) in [6.07, 6.45) is 4.46. The predicted molar refractivity (Wildman–Crippen MR) is 83.6 cm³/mol. The molecule has 1 aliphatic rings. The van der Waals surface area contributed by atoms with Gasteiger partial charge in [-0.05, 0) is 43.4 Å². The maximum Gasteiger partial charge on any atom is 0.117 e. The van der Waals surface area contributed by atoms with Gasteiger partial charge in [0.05, 0.1) is 12.8 Å². The molecule has 1 N–H and O–H groups in total. The van der Waals surface area contributed by atoms with Gasteiger partial charge in [-0.15, -0.1) is 0 Å². The van der Waals surface area contributed by atoms with Crippen molar-refractivity contribution in [3.05, 3.63) is 24.2 Å². The van der Waals surface area contributed by atoms with Crippen molar-refractivity contribution in [1.29, 1.82) is 0 Å². The largest absolute Gasteiger partial charge is 0.468 e. The maximum absolute atomic E-state index is 5.55. The van der Waals surface area contributed by atoms with Crippen molar-refractivity contribution >= 4 is 0 Å². The quantitative estimate of drug-likeness (QED) is 0.749. The van der Waals surface area contributed by atoms with Crippen LogP contribution in [0.15, 0.2) is 22.8 Å². The van der Waals surface area contributed by atoms with Crippen LogP contribution in [-0.2, 0) is 6.54 Å². The second kappa shape index (κ2) is 7.28. The van der Waals surface area contributed by atoms with Crippen molar-refractivity contribution in [2.45, 2.75) is 59.2 Å². The summed E-state index contributed by atoms with van der Waals surface area (Å²) in [4.78, 5) is 2.65. The average molecular weight is 278 g/mol. The van der Waals surface area contributed by atoms with E-state index in [1.54, 1.807) is 6.26 Å². The van der Waals surface area contributed by atoms with Crippen LogP contribution in [0.3, 0.4) is 0 Å². The highest BCUT2D eigenvalue weighted by Crippen LogP contribution is 2.32. The Hall–Kier alpha value is -0.800. The molecule has 2 rings (SSSR count). The van der Waals surface area contributed by atoms with Gasteiger partial charge in [0.25, 0.3) is 0 Å². The van der Waals surface area contributed by atoms with E-state index in [0.29, 0.717) is 17.9 Å². The van der Waals surface area contributed by atoms with Gasteiger partial charge in [-0.25, -0.2) is 0 Å². The SMILES string of the molecule is CC(C)CNCC(C(C)C)N(Cc1ccco1)C1CC1. The molecule has 1 fully saturated rings. The first kappa shape index (κ1) is 15.6. The number of furan rings is 1. The molecule has 1 aromatic rings. The average Bonchev–Trinajstić information content (AvgIpc) is 3.09. The van der Waals surface area contributed by atoms with E-state index in [0.717, 1.165) is 31.4 Å². The highest BCUT2D eigenvalue weighted by Gasteiger charge is 2.35. The van der Waals surface area contributed by atoms with Crippen LogP contribution in [0.1, 0.15) is 46.3 Å². The van der Waals surface area contributed by atoms with E-state index in [2.05, 4.69) is 44.0 Å². The topological polar surface area (TPSA) is 28.4 Å². The van der Waals surface area contributed by atoms with Crippen LogP contribution < -0.4 is 5.32 Å². The van der Waals surface area contributed by atoms with Crippen molar-refractivity contribution in [2.75, 3.05) is 13.1 Å². The number of nitrogens with one attached hydrogen (secondary N) is 1. The lowest BCUT2D eigenvalue weighted by Gasteiger charge is -2.34. The monoisotopic (exact) mass is 278 g/mol. The molecule has 0 saturated heterocycles. The van der Waals surface area contributed by atoms with Gasteiger partial charge in [-0.2, -0.15) is 0 Å². The fourth-order valence-corrected chi connectivity index (χ4v) is 2.76. The van der Waals surface area contributed by atoms with Gasteiger partial charge in [0, 0.05) is 18.6 Å². The van der Waals surface area contributed by atoms with Gasteiger partial charge in [0.2, 0.25) is 0 Å². The van der Waals surface area contributed by atoms with Crippen LogP contribution in [0, 0.1) is 11.8 Å². The number of hydrogen-bond donors (Lipinski definition) is 1. The summed E-state index contributed by atoms with van der Waals surface area (Å²) < 4.78 is 5.55. The zero-order chi connectivity index (χ0) is 14.5. The molecule has 1 aromatic heterocycles.